The molecule has 3 nitrogen and oxygen atoms in total. The maximum absolute atomic E-state index is 11.0. The Kier molecular flexibility index (Phi) is 4.01. The summed E-state index contributed by atoms with van der Waals surface area (Å²) in [4.78, 5) is 11.0. The van der Waals surface area contributed by atoms with Gasteiger partial charge in [0.2, 0.25) is 0 Å². The van der Waals surface area contributed by atoms with Crippen LogP contribution in [0.5, 0.6) is 5.75 Å². The molecule has 0 aliphatic heterocycles. The average Bonchev–Trinajstić information content (AvgIpc) is 2.09. The molecule has 0 aliphatic rings. The van der Waals surface area contributed by atoms with Gasteiger partial charge in [-0.1, -0.05) is 12.1 Å². The van der Waals surface area contributed by atoms with Gasteiger partial charge in [-0.2, -0.15) is 0 Å². The molecule has 0 radical (unpaired) electrons. The summed E-state index contributed by atoms with van der Waals surface area (Å²) in [6.07, 6.45) is 0.253. The van der Waals surface area contributed by atoms with Gasteiger partial charge < -0.3 is 9.84 Å². The first kappa shape index (κ1) is 10.3. The van der Waals surface area contributed by atoms with Crippen molar-refractivity contribution in [2.45, 2.75) is 6.42 Å². The van der Waals surface area contributed by atoms with E-state index in [0.29, 0.717) is 4.61 Å². The summed E-state index contributed by atoms with van der Waals surface area (Å²) in [5.41, 5.74) is 0.840. The lowest BCUT2D eigenvalue weighted by Gasteiger charge is -2.00. The van der Waals surface area contributed by atoms with Crippen LogP contribution in [-0.2, 0) is 16.0 Å². The van der Waals surface area contributed by atoms with Gasteiger partial charge in [0.25, 0.3) is 0 Å². The van der Waals surface area contributed by atoms with Crippen LogP contribution in [0.25, 0.3) is 0 Å². The third-order valence-corrected chi connectivity index (χ3v) is 1.81. The third-order valence-electron chi connectivity index (χ3n) is 1.50. The molecular formula is C9H9IO3. The number of carbonyl (C=O) groups is 1. The molecule has 13 heavy (non-hydrogen) atoms. The SMILES string of the molecule is O=C(Cc1ccc(O)cc1)OCI. The molecule has 70 valence electrons. The molecule has 0 bridgehead atoms. The zero-order chi connectivity index (χ0) is 9.68. The fourth-order valence-electron chi connectivity index (χ4n) is 0.892. The second kappa shape index (κ2) is 5.06. The number of phenols is 1. The number of carbonyl (C=O) groups excluding carboxylic acids is 1. The van der Waals surface area contributed by atoms with Crippen LogP contribution >= 0.6 is 22.6 Å². The Hall–Kier alpha value is -0.780. The lowest BCUT2D eigenvalue weighted by atomic mass is 10.1. The number of hydrogen-bond acceptors (Lipinski definition) is 3. The van der Waals surface area contributed by atoms with Crippen molar-refractivity contribution in [2.24, 2.45) is 0 Å². The molecule has 1 aromatic carbocycles. The molecule has 0 atom stereocenters. The van der Waals surface area contributed by atoms with Gasteiger partial charge in [0.1, 0.15) is 10.4 Å². The van der Waals surface area contributed by atoms with Gasteiger partial charge in [0.15, 0.2) is 0 Å². The topological polar surface area (TPSA) is 46.5 Å². The van der Waals surface area contributed by atoms with Crippen LogP contribution in [-0.4, -0.2) is 15.7 Å². The van der Waals surface area contributed by atoms with E-state index in [2.05, 4.69) is 0 Å². The predicted octanol–water partition coefficient (Wildman–Crippen LogP) is 1.87. The molecule has 0 saturated carbocycles. The van der Waals surface area contributed by atoms with E-state index >= 15 is 0 Å². The Morgan fingerprint density at radius 1 is 1.38 bits per heavy atom. The molecule has 1 N–H and O–H groups in total. The first-order chi connectivity index (χ1) is 6.22. The quantitative estimate of drug-likeness (QED) is 0.525. The standard InChI is InChI=1S/C9H9IO3/c10-6-13-9(12)5-7-1-3-8(11)4-2-7/h1-4,11H,5-6H2. The van der Waals surface area contributed by atoms with E-state index < -0.39 is 0 Å². The third kappa shape index (κ3) is 3.63. The van der Waals surface area contributed by atoms with Crippen molar-refractivity contribution in [2.75, 3.05) is 4.61 Å². The molecule has 1 aromatic rings. The van der Waals surface area contributed by atoms with Gasteiger partial charge in [-0.3, -0.25) is 4.79 Å². The molecule has 1 rings (SSSR count). The highest BCUT2D eigenvalue weighted by molar-refractivity contribution is 14.1. The number of hydrogen-bond donors (Lipinski definition) is 1. The van der Waals surface area contributed by atoms with Crippen molar-refractivity contribution in [1.82, 2.24) is 0 Å². The van der Waals surface area contributed by atoms with Crippen LogP contribution < -0.4 is 0 Å². The molecule has 0 spiro atoms. The van der Waals surface area contributed by atoms with Crippen LogP contribution in [0, 0.1) is 0 Å². The normalized spacial score (nSPS) is 9.62. The fourth-order valence-corrected chi connectivity index (χ4v) is 1.24. The van der Waals surface area contributed by atoms with Crippen LogP contribution in [0.4, 0.5) is 0 Å². The van der Waals surface area contributed by atoms with E-state index in [0.717, 1.165) is 5.56 Å². The molecular weight excluding hydrogens is 283 g/mol. The number of aromatic hydroxyl groups is 1. The maximum Gasteiger partial charge on any atom is 0.311 e. The first-order valence-electron chi connectivity index (χ1n) is 3.72. The Balaban J connectivity index is 2.54. The molecule has 0 fully saturated rings. The van der Waals surface area contributed by atoms with Crippen molar-refractivity contribution < 1.29 is 14.6 Å². The van der Waals surface area contributed by atoms with Crippen LogP contribution in [0.15, 0.2) is 24.3 Å². The van der Waals surface area contributed by atoms with E-state index in [1.165, 1.54) is 0 Å². The van der Waals surface area contributed by atoms with Crippen LogP contribution in [0.1, 0.15) is 5.56 Å². The average molecular weight is 292 g/mol. The molecule has 4 heteroatoms. The number of halogens is 1. The lowest BCUT2D eigenvalue weighted by molar-refractivity contribution is -0.140. The minimum absolute atomic E-state index is 0.200. The molecule has 0 amide bonds. The number of alkyl halides is 1. The van der Waals surface area contributed by atoms with E-state index in [9.17, 15) is 4.79 Å². The highest BCUT2D eigenvalue weighted by atomic mass is 127. The molecule has 0 heterocycles. The first-order valence-corrected chi connectivity index (χ1v) is 5.24. The fraction of sp³-hybridized carbons (Fsp3) is 0.222. The van der Waals surface area contributed by atoms with E-state index in [1.807, 2.05) is 22.6 Å². The Morgan fingerprint density at radius 3 is 2.54 bits per heavy atom. The monoisotopic (exact) mass is 292 g/mol. The number of esters is 1. The van der Waals surface area contributed by atoms with Crippen molar-refractivity contribution in [3.63, 3.8) is 0 Å². The predicted molar refractivity (Wildman–Crippen MR) is 56.8 cm³/mol. The molecule has 0 saturated heterocycles. The highest BCUT2D eigenvalue weighted by Crippen LogP contribution is 2.10. The highest BCUT2D eigenvalue weighted by Gasteiger charge is 2.03. The maximum atomic E-state index is 11.0. The summed E-state index contributed by atoms with van der Waals surface area (Å²) in [5.74, 6) is -0.0499. The second-order valence-corrected chi connectivity index (χ2v) is 3.09. The summed E-state index contributed by atoms with van der Waals surface area (Å²) >= 11 is 1.97. The smallest absolute Gasteiger partial charge is 0.311 e. The second-order valence-electron chi connectivity index (χ2n) is 2.47. The lowest BCUT2D eigenvalue weighted by Crippen LogP contribution is -2.06. The zero-order valence-corrected chi connectivity index (χ0v) is 9.02. The number of ether oxygens (including phenoxy) is 1. The minimum atomic E-state index is -0.250. The van der Waals surface area contributed by atoms with Gasteiger partial charge in [-0.05, 0) is 40.3 Å². The largest absolute Gasteiger partial charge is 0.508 e. The van der Waals surface area contributed by atoms with Crippen LogP contribution in [0.2, 0.25) is 0 Å². The van der Waals surface area contributed by atoms with Gasteiger partial charge in [-0.15, -0.1) is 0 Å². The summed E-state index contributed by atoms with van der Waals surface area (Å²) < 4.78 is 5.13. The summed E-state index contributed by atoms with van der Waals surface area (Å²) in [7, 11) is 0. The van der Waals surface area contributed by atoms with Crippen LogP contribution in [0.3, 0.4) is 0 Å². The summed E-state index contributed by atoms with van der Waals surface area (Å²) in [6.45, 7) is 0. The van der Waals surface area contributed by atoms with E-state index in [-0.39, 0.29) is 18.1 Å². The Morgan fingerprint density at radius 2 is 2.00 bits per heavy atom. The van der Waals surface area contributed by atoms with E-state index in [1.54, 1.807) is 24.3 Å². The van der Waals surface area contributed by atoms with Crippen molar-refractivity contribution in [3.05, 3.63) is 29.8 Å². The number of benzene rings is 1. The molecule has 0 unspecified atom stereocenters. The minimum Gasteiger partial charge on any atom is -0.508 e. The van der Waals surface area contributed by atoms with Gasteiger partial charge in [-0.25, -0.2) is 0 Å². The number of rotatable bonds is 3. The Labute approximate surface area is 89.9 Å². The zero-order valence-electron chi connectivity index (χ0n) is 6.87. The van der Waals surface area contributed by atoms with Crippen molar-refractivity contribution in [3.8, 4) is 5.75 Å². The molecule has 0 aliphatic carbocycles. The van der Waals surface area contributed by atoms with E-state index in [4.69, 9.17) is 9.84 Å². The summed E-state index contributed by atoms with van der Waals surface area (Å²) in [6, 6.07) is 6.49. The Bertz CT molecular complexity index is 281. The van der Waals surface area contributed by atoms with Gasteiger partial charge >= 0.3 is 5.97 Å². The molecule has 0 aromatic heterocycles. The van der Waals surface area contributed by atoms with Crippen molar-refractivity contribution >= 4 is 28.6 Å². The number of phenolic OH excluding ortho intramolecular Hbond substituents is 1. The van der Waals surface area contributed by atoms with Crippen molar-refractivity contribution in [1.29, 1.82) is 0 Å². The van der Waals surface area contributed by atoms with Gasteiger partial charge in [0.05, 0.1) is 6.42 Å². The van der Waals surface area contributed by atoms with Gasteiger partial charge in [0, 0.05) is 0 Å². The summed E-state index contributed by atoms with van der Waals surface area (Å²) in [5, 5.41) is 8.98.